The fraction of sp³-hybridized carbons (Fsp3) is 0.778. The fourth-order valence-electron chi connectivity index (χ4n) is 1.72. The summed E-state index contributed by atoms with van der Waals surface area (Å²) in [5, 5.41) is 4.09. The van der Waals surface area contributed by atoms with Gasteiger partial charge in [-0.1, -0.05) is 36.5 Å². The molecule has 0 aliphatic heterocycles. The zero-order valence-electron chi connectivity index (χ0n) is 7.32. The van der Waals surface area contributed by atoms with Gasteiger partial charge in [-0.15, -0.1) is 0 Å². The SMILES string of the molecule is CC1CCCC1NCC(Cl)=CCl. The average Bonchev–Trinajstić information content (AvgIpc) is 2.47. The molecule has 0 spiro atoms. The Labute approximate surface area is 84.1 Å². The predicted octanol–water partition coefficient (Wildman–Crippen LogP) is 3.08. The van der Waals surface area contributed by atoms with Gasteiger partial charge in [0.15, 0.2) is 0 Å². The molecule has 1 aliphatic carbocycles. The third-order valence-electron chi connectivity index (χ3n) is 2.51. The molecule has 1 nitrogen and oxygen atoms in total. The van der Waals surface area contributed by atoms with Crippen molar-refractivity contribution in [2.24, 2.45) is 5.92 Å². The maximum absolute atomic E-state index is 5.76. The van der Waals surface area contributed by atoms with E-state index in [1.807, 2.05) is 0 Å². The number of hydrogen-bond acceptors (Lipinski definition) is 1. The normalized spacial score (nSPS) is 31.1. The van der Waals surface area contributed by atoms with Crippen LogP contribution in [-0.4, -0.2) is 12.6 Å². The van der Waals surface area contributed by atoms with Crippen molar-refractivity contribution >= 4 is 23.2 Å². The van der Waals surface area contributed by atoms with Crippen LogP contribution >= 0.6 is 23.2 Å². The van der Waals surface area contributed by atoms with Crippen LogP contribution in [0.5, 0.6) is 0 Å². The molecular weight excluding hydrogens is 193 g/mol. The molecule has 1 N–H and O–H groups in total. The van der Waals surface area contributed by atoms with Crippen molar-refractivity contribution in [3.05, 3.63) is 10.6 Å². The molecule has 70 valence electrons. The molecule has 3 heteroatoms. The number of nitrogens with one attached hydrogen (secondary N) is 1. The molecule has 0 saturated heterocycles. The van der Waals surface area contributed by atoms with Gasteiger partial charge in [0, 0.05) is 23.2 Å². The molecule has 0 aromatic rings. The van der Waals surface area contributed by atoms with E-state index in [2.05, 4.69) is 12.2 Å². The molecule has 0 bridgehead atoms. The summed E-state index contributed by atoms with van der Waals surface area (Å²) < 4.78 is 0. The molecule has 12 heavy (non-hydrogen) atoms. The second-order valence-corrected chi connectivity index (χ2v) is 4.16. The van der Waals surface area contributed by atoms with Gasteiger partial charge >= 0.3 is 0 Å². The maximum atomic E-state index is 5.76. The van der Waals surface area contributed by atoms with Gasteiger partial charge in [-0.05, 0) is 18.8 Å². The summed E-state index contributed by atoms with van der Waals surface area (Å²) in [5.74, 6) is 0.782. The Balaban J connectivity index is 2.22. The molecule has 0 radical (unpaired) electrons. The highest BCUT2D eigenvalue weighted by atomic mass is 35.5. The van der Waals surface area contributed by atoms with Gasteiger partial charge in [0.25, 0.3) is 0 Å². The predicted molar refractivity (Wildman–Crippen MR) is 54.6 cm³/mol. The van der Waals surface area contributed by atoms with Crippen LogP contribution in [0.15, 0.2) is 10.6 Å². The summed E-state index contributed by atoms with van der Waals surface area (Å²) in [7, 11) is 0. The average molecular weight is 208 g/mol. The van der Waals surface area contributed by atoms with E-state index in [1.54, 1.807) is 0 Å². The summed E-state index contributed by atoms with van der Waals surface area (Å²) in [4.78, 5) is 0. The van der Waals surface area contributed by atoms with E-state index in [1.165, 1.54) is 24.8 Å². The third kappa shape index (κ3) is 2.96. The van der Waals surface area contributed by atoms with Crippen LogP contribution in [0.25, 0.3) is 0 Å². The standard InChI is InChI=1S/C9H15Cl2N/c1-7-3-2-4-9(7)12-6-8(11)5-10/h5,7,9,12H,2-4,6H2,1H3. The minimum Gasteiger partial charge on any atom is -0.309 e. The van der Waals surface area contributed by atoms with Gasteiger partial charge in [0.2, 0.25) is 0 Å². The Kier molecular flexibility index (Phi) is 4.41. The quantitative estimate of drug-likeness (QED) is 0.751. The van der Waals surface area contributed by atoms with Crippen LogP contribution in [0.2, 0.25) is 0 Å². The lowest BCUT2D eigenvalue weighted by Gasteiger charge is -2.16. The number of halogens is 2. The lowest BCUT2D eigenvalue weighted by Crippen LogP contribution is -2.31. The second-order valence-electron chi connectivity index (χ2n) is 3.45. The zero-order chi connectivity index (χ0) is 8.97. The van der Waals surface area contributed by atoms with Crippen LogP contribution in [0, 0.1) is 5.92 Å². The van der Waals surface area contributed by atoms with E-state index >= 15 is 0 Å². The van der Waals surface area contributed by atoms with Crippen LogP contribution in [0.3, 0.4) is 0 Å². The fourth-order valence-corrected chi connectivity index (χ4v) is 1.87. The first-order chi connectivity index (χ1) is 5.74. The lowest BCUT2D eigenvalue weighted by atomic mass is 10.1. The van der Waals surface area contributed by atoms with Crippen LogP contribution in [0.4, 0.5) is 0 Å². The Morgan fingerprint density at radius 2 is 2.33 bits per heavy atom. The van der Waals surface area contributed by atoms with E-state index < -0.39 is 0 Å². The molecule has 0 heterocycles. The first kappa shape index (κ1) is 10.4. The van der Waals surface area contributed by atoms with Crippen molar-refractivity contribution in [1.82, 2.24) is 5.32 Å². The van der Waals surface area contributed by atoms with Crippen molar-refractivity contribution in [3.8, 4) is 0 Å². The highest BCUT2D eigenvalue weighted by molar-refractivity contribution is 6.36. The Morgan fingerprint density at radius 1 is 1.58 bits per heavy atom. The summed E-state index contributed by atoms with van der Waals surface area (Å²) >= 11 is 11.2. The highest BCUT2D eigenvalue weighted by Gasteiger charge is 2.22. The lowest BCUT2D eigenvalue weighted by molar-refractivity contribution is 0.444. The van der Waals surface area contributed by atoms with Crippen molar-refractivity contribution in [1.29, 1.82) is 0 Å². The topological polar surface area (TPSA) is 12.0 Å². The number of rotatable bonds is 3. The second kappa shape index (κ2) is 5.11. The molecule has 0 aromatic carbocycles. The van der Waals surface area contributed by atoms with E-state index in [0.29, 0.717) is 17.6 Å². The summed E-state index contributed by atoms with van der Waals surface area (Å²) in [5.41, 5.74) is 1.42. The monoisotopic (exact) mass is 207 g/mol. The first-order valence-electron chi connectivity index (χ1n) is 4.42. The van der Waals surface area contributed by atoms with Gasteiger partial charge in [-0.25, -0.2) is 0 Å². The van der Waals surface area contributed by atoms with Crippen molar-refractivity contribution < 1.29 is 0 Å². The first-order valence-corrected chi connectivity index (χ1v) is 5.23. The van der Waals surface area contributed by atoms with Crippen molar-refractivity contribution in [2.45, 2.75) is 32.2 Å². The van der Waals surface area contributed by atoms with E-state index in [-0.39, 0.29) is 0 Å². The van der Waals surface area contributed by atoms with Gasteiger partial charge in [-0.2, -0.15) is 0 Å². The van der Waals surface area contributed by atoms with Gasteiger partial charge in [0.1, 0.15) is 0 Å². The molecule has 2 unspecified atom stereocenters. The third-order valence-corrected chi connectivity index (χ3v) is 3.13. The molecule has 0 amide bonds. The Morgan fingerprint density at radius 3 is 2.83 bits per heavy atom. The van der Waals surface area contributed by atoms with Gasteiger partial charge in [-0.3, -0.25) is 0 Å². The Hall–Kier alpha value is 0.280. The minimum absolute atomic E-state index is 0.635. The van der Waals surface area contributed by atoms with E-state index in [9.17, 15) is 0 Å². The molecule has 0 aromatic heterocycles. The molecule has 1 saturated carbocycles. The van der Waals surface area contributed by atoms with Gasteiger partial charge < -0.3 is 5.32 Å². The molecule has 1 aliphatic rings. The van der Waals surface area contributed by atoms with Crippen LogP contribution in [0.1, 0.15) is 26.2 Å². The molecule has 2 atom stereocenters. The highest BCUT2D eigenvalue weighted by Crippen LogP contribution is 2.24. The van der Waals surface area contributed by atoms with Gasteiger partial charge in [0.05, 0.1) is 0 Å². The minimum atomic E-state index is 0.635. The van der Waals surface area contributed by atoms with Crippen molar-refractivity contribution in [2.75, 3.05) is 6.54 Å². The largest absolute Gasteiger partial charge is 0.309 e. The Bertz CT molecular complexity index is 168. The number of hydrogen-bond donors (Lipinski definition) is 1. The van der Waals surface area contributed by atoms with E-state index in [0.717, 1.165) is 5.92 Å². The molecule has 1 rings (SSSR count). The summed E-state index contributed by atoms with van der Waals surface area (Å²) in [6, 6.07) is 0.635. The smallest absolute Gasteiger partial charge is 0.0432 e. The van der Waals surface area contributed by atoms with E-state index in [4.69, 9.17) is 23.2 Å². The molecule has 1 fully saturated rings. The maximum Gasteiger partial charge on any atom is 0.0432 e. The zero-order valence-corrected chi connectivity index (χ0v) is 8.83. The molecular formula is C9H15Cl2N. The van der Waals surface area contributed by atoms with Crippen LogP contribution < -0.4 is 5.32 Å². The summed E-state index contributed by atoms with van der Waals surface area (Å²) in [6.07, 6.45) is 3.94. The van der Waals surface area contributed by atoms with Crippen LogP contribution in [-0.2, 0) is 0 Å². The van der Waals surface area contributed by atoms with Crippen molar-refractivity contribution in [3.63, 3.8) is 0 Å². The summed E-state index contributed by atoms with van der Waals surface area (Å²) in [6.45, 7) is 2.99.